The average molecular weight is 670 g/mol. The molecular weight excluding hydrogens is 606 g/mol. The number of rotatable bonds is 11. The molecular formula is C40H63NO7. The monoisotopic (exact) mass is 669 g/mol. The molecule has 8 nitrogen and oxygen atoms in total. The third-order valence-electron chi connectivity index (χ3n) is 15.2. The van der Waals surface area contributed by atoms with E-state index in [-0.39, 0.29) is 69.7 Å². The zero-order chi connectivity index (χ0) is 35.3. The highest BCUT2D eigenvalue weighted by molar-refractivity contribution is 5.84. The number of carboxylic acid groups (broad SMARTS) is 2. The maximum Gasteiger partial charge on any atom is 0.306 e. The van der Waals surface area contributed by atoms with E-state index < -0.39 is 17.9 Å². The van der Waals surface area contributed by atoms with E-state index >= 15 is 0 Å². The highest BCUT2D eigenvalue weighted by atomic mass is 16.5. The van der Waals surface area contributed by atoms with Gasteiger partial charge in [0.25, 0.3) is 0 Å². The Kier molecular flexibility index (Phi) is 10.0. The molecule has 0 radical (unpaired) electrons. The van der Waals surface area contributed by atoms with Crippen molar-refractivity contribution in [3.05, 3.63) is 11.6 Å². The lowest BCUT2D eigenvalue weighted by molar-refractivity contribution is -0.213. The lowest BCUT2D eigenvalue weighted by atomic mass is 9.33. The third kappa shape index (κ3) is 6.25. The predicted octanol–water partition coefficient (Wildman–Crippen LogP) is 8.33. The summed E-state index contributed by atoms with van der Waals surface area (Å²) in [5, 5.41) is 21.4. The van der Waals surface area contributed by atoms with Gasteiger partial charge < -0.3 is 20.3 Å². The number of esters is 1. The van der Waals surface area contributed by atoms with Crippen LogP contribution in [0, 0.1) is 50.2 Å². The van der Waals surface area contributed by atoms with Gasteiger partial charge in [0.1, 0.15) is 6.10 Å². The predicted molar refractivity (Wildman–Crippen MR) is 185 cm³/mol. The molecule has 0 aliphatic heterocycles. The minimum absolute atomic E-state index is 0.00683. The smallest absolute Gasteiger partial charge is 0.306 e. The molecule has 4 fully saturated rings. The molecule has 5 aliphatic rings. The van der Waals surface area contributed by atoms with Crippen LogP contribution in [-0.2, 0) is 23.9 Å². The minimum atomic E-state index is -0.977. The fourth-order valence-electron chi connectivity index (χ4n) is 12.2. The van der Waals surface area contributed by atoms with Crippen LogP contribution >= 0.6 is 0 Å². The average Bonchev–Trinajstić information content (AvgIpc) is 2.99. The molecule has 0 aromatic rings. The van der Waals surface area contributed by atoms with Crippen LogP contribution in [0.2, 0.25) is 0 Å². The molecule has 0 spiro atoms. The number of fused-ring (bicyclic) bond motifs is 7. The van der Waals surface area contributed by atoms with Gasteiger partial charge in [0.15, 0.2) is 0 Å². The summed E-state index contributed by atoms with van der Waals surface area (Å²) in [5.74, 6) is -0.815. The van der Waals surface area contributed by atoms with Crippen molar-refractivity contribution in [1.82, 2.24) is 5.32 Å². The first-order valence-electron chi connectivity index (χ1n) is 18.9. The molecule has 0 aromatic carbocycles. The van der Waals surface area contributed by atoms with E-state index in [1.54, 1.807) is 5.57 Å². The molecule has 270 valence electrons. The summed E-state index contributed by atoms with van der Waals surface area (Å²) in [7, 11) is 0. The first-order valence-corrected chi connectivity index (χ1v) is 18.9. The van der Waals surface area contributed by atoms with Crippen LogP contribution < -0.4 is 5.32 Å². The summed E-state index contributed by atoms with van der Waals surface area (Å²) < 4.78 is 6.01. The molecule has 8 heteroatoms. The normalized spacial score (nSPS) is 39.4. The van der Waals surface area contributed by atoms with Crippen molar-refractivity contribution in [2.24, 2.45) is 50.2 Å². The van der Waals surface area contributed by atoms with Gasteiger partial charge in [0, 0.05) is 18.4 Å². The summed E-state index contributed by atoms with van der Waals surface area (Å²) in [5.41, 5.74) is 1.32. The number of hydrogen-bond acceptors (Lipinski definition) is 5. The fraction of sp³-hybridized carbons (Fsp3) is 0.850. The molecule has 1 amide bonds. The van der Waals surface area contributed by atoms with E-state index in [2.05, 4.69) is 59.9 Å². The Hall–Kier alpha value is -2.38. The second-order valence-electron chi connectivity index (χ2n) is 18.6. The van der Waals surface area contributed by atoms with Crippen molar-refractivity contribution < 1.29 is 34.1 Å². The summed E-state index contributed by atoms with van der Waals surface area (Å²) in [6, 6.07) is 0. The molecule has 4 saturated carbocycles. The van der Waals surface area contributed by atoms with E-state index in [1.807, 2.05) is 0 Å². The lowest BCUT2D eigenvalue weighted by Gasteiger charge is -2.71. The molecule has 48 heavy (non-hydrogen) atoms. The minimum Gasteiger partial charge on any atom is -0.481 e. The number of carbonyl (C=O) groups excluding carboxylic acids is 2. The maximum absolute atomic E-state index is 14.2. The van der Waals surface area contributed by atoms with Crippen molar-refractivity contribution in [3.8, 4) is 0 Å². The first-order chi connectivity index (χ1) is 22.3. The van der Waals surface area contributed by atoms with Crippen molar-refractivity contribution >= 4 is 23.8 Å². The highest BCUT2D eigenvalue weighted by Crippen LogP contribution is 2.75. The van der Waals surface area contributed by atoms with Gasteiger partial charge >= 0.3 is 17.9 Å². The van der Waals surface area contributed by atoms with E-state index in [4.69, 9.17) is 14.9 Å². The Labute approximate surface area is 288 Å². The lowest BCUT2D eigenvalue weighted by Crippen LogP contribution is -2.65. The van der Waals surface area contributed by atoms with Crippen LogP contribution in [0.25, 0.3) is 0 Å². The summed E-state index contributed by atoms with van der Waals surface area (Å²) in [6.45, 7) is 17.5. The Balaban J connectivity index is 1.38. The molecule has 0 aromatic heterocycles. The maximum atomic E-state index is 14.2. The van der Waals surface area contributed by atoms with Crippen molar-refractivity contribution in [1.29, 1.82) is 0 Å². The molecule has 3 unspecified atom stereocenters. The quantitative estimate of drug-likeness (QED) is 0.115. The second kappa shape index (κ2) is 13.1. The summed E-state index contributed by atoms with van der Waals surface area (Å²) >= 11 is 0. The Bertz CT molecular complexity index is 1320. The Morgan fingerprint density at radius 2 is 1.48 bits per heavy atom. The third-order valence-corrected chi connectivity index (χ3v) is 15.2. The number of aliphatic carboxylic acids is 2. The standard InChI is InChI=1S/C40H63NO7/c1-35(2)20-22-40(34(47)41-24-10-8-9-11-31(42)43)23-21-38(6)26(27(40)25-35)12-13-29-37(5)18-17-30(48-33(46)15-14-32(44)45)36(3,4)28(37)16-19-39(29,38)7/h12,27-30H,8-11,13-25H2,1-7H3,(H,41,47)(H,42,43)(H,44,45)/t27?,28?,29?,30-,37-,38+,39+,40-/m0/s1. The van der Waals surface area contributed by atoms with E-state index in [9.17, 15) is 19.2 Å². The van der Waals surface area contributed by atoms with Gasteiger partial charge in [-0.2, -0.15) is 0 Å². The van der Waals surface area contributed by atoms with Crippen molar-refractivity contribution in [3.63, 3.8) is 0 Å². The van der Waals surface area contributed by atoms with Crippen LogP contribution in [0.4, 0.5) is 0 Å². The number of ether oxygens (including phenoxy) is 1. The Morgan fingerprint density at radius 1 is 0.792 bits per heavy atom. The highest BCUT2D eigenvalue weighted by Gasteiger charge is 2.69. The number of hydrogen-bond donors (Lipinski definition) is 3. The summed E-state index contributed by atoms with van der Waals surface area (Å²) in [6.07, 6.45) is 14.5. The van der Waals surface area contributed by atoms with Crippen LogP contribution in [-0.4, -0.2) is 46.7 Å². The fourth-order valence-corrected chi connectivity index (χ4v) is 12.2. The van der Waals surface area contributed by atoms with Crippen LogP contribution in [0.5, 0.6) is 0 Å². The van der Waals surface area contributed by atoms with Gasteiger partial charge in [-0.3, -0.25) is 19.2 Å². The van der Waals surface area contributed by atoms with Crippen LogP contribution in [0.1, 0.15) is 151 Å². The van der Waals surface area contributed by atoms with Gasteiger partial charge in [-0.25, -0.2) is 0 Å². The van der Waals surface area contributed by atoms with Gasteiger partial charge in [0.05, 0.1) is 18.3 Å². The molecule has 3 N–H and O–H groups in total. The largest absolute Gasteiger partial charge is 0.481 e. The Morgan fingerprint density at radius 3 is 2.17 bits per heavy atom. The van der Waals surface area contributed by atoms with Crippen molar-refractivity contribution in [2.45, 2.75) is 157 Å². The molecule has 5 rings (SSSR count). The van der Waals surface area contributed by atoms with Gasteiger partial charge in [-0.1, -0.05) is 66.5 Å². The number of carbonyl (C=O) groups is 4. The zero-order valence-electron chi connectivity index (χ0n) is 30.8. The second-order valence-corrected chi connectivity index (χ2v) is 18.6. The molecule has 0 heterocycles. The van der Waals surface area contributed by atoms with Gasteiger partial charge in [0.2, 0.25) is 5.91 Å². The molecule has 5 aliphatic carbocycles. The van der Waals surface area contributed by atoms with E-state index in [0.717, 1.165) is 77.0 Å². The topological polar surface area (TPSA) is 130 Å². The number of carboxylic acids is 2. The van der Waals surface area contributed by atoms with E-state index in [1.165, 1.54) is 0 Å². The van der Waals surface area contributed by atoms with Crippen LogP contribution in [0.3, 0.4) is 0 Å². The first kappa shape index (κ1) is 36.9. The number of nitrogens with one attached hydrogen (secondary N) is 1. The molecule has 0 saturated heterocycles. The number of unbranched alkanes of at least 4 members (excludes halogenated alkanes) is 2. The zero-order valence-corrected chi connectivity index (χ0v) is 30.8. The van der Waals surface area contributed by atoms with Gasteiger partial charge in [-0.15, -0.1) is 0 Å². The SMILES string of the molecule is CC1(C)CC[C@]2(C(=O)NCCCCCC(=O)O)CC[C@]3(C)C(=CCC4[C@@]5(C)CC[C@H](OC(=O)CCC(=O)O)C(C)(C)C5CC[C@]43C)C2C1. The van der Waals surface area contributed by atoms with Crippen LogP contribution in [0.15, 0.2) is 11.6 Å². The van der Waals surface area contributed by atoms with Crippen molar-refractivity contribution in [2.75, 3.05) is 6.54 Å². The van der Waals surface area contributed by atoms with Gasteiger partial charge in [-0.05, 0) is 116 Å². The summed E-state index contributed by atoms with van der Waals surface area (Å²) in [4.78, 5) is 48.8. The molecule has 0 bridgehead atoms. The van der Waals surface area contributed by atoms with E-state index in [0.29, 0.717) is 24.8 Å². The number of allylic oxidation sites excluding steroid dienone is 2. The molecule has 8 atom stereocenters. The number of amides is 1.